The normalized spacial score (nSPS) is 14.8. The first-order valence-corrected chi connectivity index (χ1v) is 10.0. The van der Waals surface area contributed by atoms with Gasteiger partial charge in [-0.3, -0.25) is 10.1 Å². The number of nitrogens with one attached hydrogen (secondary N) is 1. The summed E-state index contributed by atoms with van der Waals surface area (Å²) in [7, 11) is 0. The molecule has 7 heteroatoms. The fraction of sp³-hybridized carbons (Fsp3) is 0.471. The van der Waals surface area contributed by atoms with Crippen LogP contribution in [0.4, 0.5) is 5.13 Å². The van der Waals surface area contributed by atoms with E-state index in [0.29, 0.717) is 5.13 Å². The van der Waals surface area contributed by atoms with Crippen molar-refractivity contribution in [3.05, 3.63) is 29.3 Å². The second-order valence-corrected chi connectivity index (χ2v) is 8.18. The van der Waals surface area contributed by atoms with Crippen molar-refractivity contribution in [3.8, 4) is 5.75 Å². The van der Waals surface area contributed by atoms with E-state index in [1.807, 2.05) is 6.07 Å². The van der Waals surface area contributed by atoms with Crippen LogP contribution in [-0.4, -0.2) is 28.0 Å². The van der Waals surface area contributed by atoms with E-state index in [-0.39, 0.29) is 5.91 Å². The van der Waals surface area contributed by atoms with E-state index in [0.717, 1.165) is 28.7 Å². The van der Waals surface area contributed by atoms with Crippen LogP contribution in [0.5, 0.6) is 5.75 Å². The summed E-state index contributed by atoms with van der Waals surface area (Å²) in [5.74, 6) is 1.47. The summed E-state index contributed by atoms with van der Waals surface area (Å²) in [5, 5.41) is 11.3. The Morgan fingerprint density at radius 3 is 2.92 bits per heavy atom. The van der Waals surface area contributed by atoms with Gasteiger partial charge in [-0.2, -0.15) is 0 Å². The molecule has 2 aromatic rings. The Hall–Kier alpha value is -1.60. The van der Waals surface area contributed by atoms with Gasteiger partial charge in [-0.15, -0.1) is 10.2 Å². The number of carbonyl (C=O) groups excluding carboxylic acids is 1. The lowest BCUT2D eigenvalue weighted by Gasteiger charge is -2.18. The van der Waals surface area contributed by atoms with Crippen molar-refractivity contribution in [2.75, 3.05) is 11.1 Å². The standard InChI is InChI=1S/C17H21N3O2S2/c1-3-23-17-20-19-16(24-17)18-15(21)11(2)22-14-9-8-12-6-4-5-7-13(12)10-14/h8-11H,3-7H2,1-2H3,(H,18,19,21)/t11-/m1/s1. The van der Waals surface area contributed by atoms with Gasteiger partial charge in [0.15, 0.2) is 10.4 Å². The molecule has 0 aliphatic heterocycles. The van der Waals surface area contributed by atoms with E-state index in [1.165, 1.54) is 35.3 Å². The summed E-state index contributed by atoms with van der Waals surface area (Å²) in [4.78, 5) is 12.3. The number of aromatic nitrogens is 2. The van der Waals surface area contributed by atoms with Gasteiger partial charge in [0.1, 0.15) is 5.75 Å². The SMILES string of the molecule is CCSc1nnc(NC(=O)[C@@H](C)Oc2ccc3c(c2)CCCC3)s1. The highest BCUT2D eigenvalue weighted by atomic mass is 32.2. The van der Waals surface area contributed by atoms with Gasteiger partial charge in [-0.25, -0.2) is 0 Å². The van der Waals surface area contributed by atoms with Gasteiger partial charge in [-0.1, -0.05) is 36.1 Å². The summed E-state index contributed by atoms with van der Waals surface area (Å²) in [5.41, 5.74) is 2.75. The van der Waals surface area contributed by atoms with Crippen LogP contribution in [0.3, 0.4) is 0 Å². The Bertz CT molecular complexity index is 718. The third-order valence-corrected chi connectivity index (χ3v) is 5.76. The largest absolute Gasteiger partial charge is 0.481 e. The fourth-order valence-corrected chi connectivity index (χ4v) is 4.34. The topological polar surface area (TPSA) is 64.1 Å². The van der Waals surface area contributed by atoms with Gasteiger partial charge in [0.2, 0.25) is 5.13 Å². The van der Waals surface area contributed by atoms with Gasteiger partial charge in [-0.05, 0) is 61.6 Å². The van der Waals surface area contributed by atoms with Gasteiger partial charge < -0.3 is 4.74 Å². The lowest BCUT2D eigenvalue weighted by atomic mass is 9.92. The van der Waals surface area contributed by atoms with Crippen LogP contribution in [0.15, 0.2) is 22.5 Å². The number of nitrogens with zero attached hydrogens (tertiary/aromatic N) is 2. The number of rotatable bonds is 6. The maximum atomic E-state index is 12.3. The molecular weight excluding hydrogens is 342 g/mol. The van der Waals surface area contributed by atoms with Crippen LogP contribution in [0.25, 0.3) is 0 Å². The second kappa shape index (κ2) is 7.98. The smallest absolute Gasteiger partial charge is 0.266 e. The van der Waals surface area contributed by atoms with Crippen LogP contribution >= 0.6 is 23.1 Å². The number of benzene rings is 1. The number of carbonyl (C=O) groups is 1. The molecule has 0 radical (unpaired) electrons. The van der Waals surface area contributed by atoms with Crippen molar-refractivity contribution >= 4 is 34.1 Å². The van der Waals surface area contributed by atoms with Gasteiger partial charge in [0.25, 0.3) is 5.91 Å². The van der Waals surface area contributed by atoms with Crippen molar-refractivity contribution in [1.82, 2.24) is 10.2 Å². The third-order valence-electron chi connectivity index (χ3n) is 3.91. The lowest BCUT2D eigenvalue weighted by molar-refractivity contribution is -0.122. The molecule has 1 atom stereocenters. The van der Waals surface area contributed by atoms with Gasteiger partial charge >= 0.3 is 0 Å². The number of hydrogen-bond donors (Lipinski definition) is 1. The first-order chi connectivity index (χ1) is 11.7. The molecule has 0 saturated heterocycles. The number of anilines is 1. The first-order valence-electron chi connectivity index (χ1n) is 8.21. The molecule has 0 fully saturated rings. The quantitative estimate of drug-likeness (QED) is 0.622. The molecule has 0 spiro atoms. The molecule has 1 aromatic heterocycles. The summed E-state index contributed by atoms with van der Waals surface area (Å²) >= 11 is 2.99. The zero-order valence-corrected chi connectivity index (χ0v) is 15.5. The Labute approximate surface area is 150 Å². The number of aryl methyl sites for hydroxylation is 2. The van der Waals surface area contributed by atoms with Crippen molar-refractivity contribution in [1.29, 1.82) is 0 Å². The Kier molecular flexibility index (Phi) is 5.73. The fourth-order valence-electron chi connectivity index (χ4n) is 2.69. The second-order valence-electron chi connectivity index (χ2n) is 5.69. The van der Waals surface area contributed by atoms with E-state index >= 15 is 0 Å². The average molecular weight is 364 g/mol. The minimum absolute atomic E-state index is 0.211. The Morgan fingerprint density at radius 2 is 2.12 bits per heavy atom. The Balaban J connectivity index is 1.59. The molecule has 3 rings (SSSR count). The number of thioether (sulfide) groups is 1. The van der Waals surface area contributed by atoms with Crippen molar-refractivity contribution in [3.63, 3.8) is 0 Å². The van der Waals surface area contributed by atoms with E-state index in [4.69, 9.17) is 4.74 Å². The third kappa shape index (κ3) is 4.27. The predicted molar refractivity (Wildman–Crippen MR) is 98.1 cm³/mol. The summed E-state index contributed by atoms with van der Waals surface area (Å²) < 4.78 is 6.67. The molecule has 1 amide bonds. The predicted octanol–water partition coefficient (Wildman–Crippen LogP) is 3.93. The van der Waals surface area contributed by atoms with Crippen LogP contribution in [0.1, 0.15) is 37.8 Å². The average Bonchev–Trinajstić information content (AvgIpc) is 3.02. The van der Waals surface area contributed by atoms with Gasteiger partial charge in [0.05, 0.1) is 0 Å². The van der Waals surface area contributed by atoms with E-state index in [1.54, 1.807) is 18.7 Å². The molecule has 0 unspecified atom stereocenters. The molecule has 5 nitrogen and oxygen atoms in total. The van der Waals surface area contributed by atoms with Crippen LogP contribution in [0, 0.1) is 0 Å². The molecule has 24 heavy (non-hydrogen) atoms. The molecule has 1 aliphatic carbocycles. The molecular formula is C17H21N3O2S2. The van der Waals surface area contributed by atoms with E-state index < -0.39 is 6.10 Å². The molecule has 1 N–H and O–H groups in total. The zero-order chi connectivity index (χ0) is 16.9. The molecule has 0 saturated carbocycles. The molecule has 1 aliphatic rings. The maximum Gasteiger partial charge on any atom is 0.266 e. The highest BCUT2D eigenvalue weighted by molar-refractivity contribution is 8.01. The van der Waals surface area contributed by atoms with Crippen LogP contribution in [-0.2, 0) is 17.6 Å². The number of ether oxygens (including phenoxy) is 1. The molecule has 1 aromatic carbocycles. The highest BCUT2D eigenvalue weighted by Crippen LogP contribution is 2.27. The van der Waals surface area contributed by atoms with Crippen LogP contribution in [0.2, 0.25) is 0 Å². The van der Waals surface area contributed by atoms with E-state index in [2.05, 4.69) is 34.6 Å². The highest BCUT2D eigenvalue weighted by Gasteiger charge is 2.18. The monoisotopic (exact) mass is 363 g/mol. The summed E-state index contributed by atoms with van der Waals surface area (Å²) in [6, 6.07) is 6.14. The molecule has 0 bridgehead atoms. The minimum atomic E-state index is -0.585. The van der Waals surface area contributed by atoms with Crippen molar-refractivity contribution < 1.29 is 9.53 Å². The van der Waals surface area contributed by atoms with E-state index in [9.17, 15) is 4.79 Å². The number of hydrogen-bond acceptors (Lipinski definition) is 6. The van der Waals surface area contributed by atoms with Crippen molar-refractivity contribution in [2.45, 2.75) is 50.0 Å². The summed E-state index contributed by atoms with van der Waals surface area (Å²) in [6.45, 7) is 3.80. The van der Waals surface area contributed by atoms with Crippen LogP contribution < -0.4 is 10.1 Å². The molecule has 1 heterocycles. The molecule has 128 valence electrons. The maximum absolute atomic E-state index is 12.3. The zero-order valence-electron chi connectivity index (χ0n) is 13.9. The Morgan fingerprint density at radius 1 is 1.33 bits per heavy atom. The number of amides is 1. The first kappa shape index (κ1) is 17.2. The minimum Gasteiger partial charge on any atom is -0.481 e. The van der Waals surface area contributed by atoms with Gasteiger partial charge in [0, 0.05) is 0 Å². The summed E-state index contributed by atoms with van der Waals surface area (Å²) in [6.07, 6.45) is 4.13. The van der Waals surface area contributed by atoms with Crippen molar-refractivity contribution in [2.24, 2.45) is 0 Å². The lowest BCUT2D eigenvalue weighted by Crippen LogP contribution is -2.30. The number of fused-ring (bicyclic) bond motifs is 1.